The number of aliphatic hydroxyl groups is 3. The predicted octanol–water partition coefficient (Wildman–Crippen LogP) is 3.65. The average Bonchev–Trinajstić information content (AvgIpc) is 2.41. The molecule has 0 amide bonds. The summed E-state index contributed by atoms with van der Waals surface area (Å²) >= 11 is 0. The van der Waals surface area contributed by atoms with Gasteiger partial charge in [-0.1, -0.05) is 41.5 Å². The van der Waals surface area contributed by atoms with Crippen molar-refractivity contribution in [3.8, 4) is 0 Å². The van der Waals surface area contributed by atoms with Gasteiger partial charge in [0.05, 0.1) is 24.4 Å². The quantitative estimate of drug-likeness (QED) is 0.607. The van der Waals surface area contributed by atoms with Crippen LogP contribution in [0.25, 0.3) is 0 Å². The van der Waals surface area contributed by atoms with Crippen LogP contribution in [0.1, 0.15) is 54.4 Å². The summed E-state index contributed by atoms with van der Waals surface area (Å²) in [6.45, 7) is 21.1. The fourth-order valence-electron chi connectivity index (χ4n) is 2.78. The molecule has 0 radical (unpaired) electrons. The van der Waals surface area contributed by atoms with Crippen molar-refractivity contribution in [3.05, 3.63) is 0 Å². The van der Waals surface area contributed by atoms with Crippen LogP contribution in [0.2, 0.25) is 36.3 Å². The van der Waals surface area contributed by atoms with Crippen LogP contribution in [-0.2, 0) is 8.85 Å². The van der Waals surface area contributed by atoms with E-state index in [1.165, 1.54) is 0 Å². The maximum atomic E-state index is 11.0. The van der Waals surface area contributed by atoms with Crippen molar-refractivity contribution in [1.82, 2.24) is 0 Å². The largest absolute Gasteiger partial charge is 0.411 e. The zero-order valence-electron chi connectivity index (χ0n) is 18.5. The van der Waals surface area contributed by atoms with Crippen molar-refractivity contribution < 1.29 is 24.2 Å². The predicted molar refractivity (Wildman–Crippen MR) is 111 cm³/mol. The minimum atomic E-state index is -2.13. The highest BCUT2D eigenvalue weighted by atomic mass is 28.4. The molecule has 5 nitrogen and oxygen atoms in total. The van der Waals surface area contributed by atoms with Crippen molar-refractivity contribution in [2.45, 2.75) is 115 Å². The fourth-order valence-corrected chi connectivity index (χ4v) is 5.44. The van der Waals surface area contributed by atoms with Gasteiger partial charge >= 0.3 is 0 Å². The first-order chi connectivity index (χ1) is 11.4. The van der Waals surface area contributed by atoms with Gasteiger partial charge in [-0.3, -0.25) is 0 Å². The van der Waals surface area contributed by atoms with E-state index in [1.54, 1.807) is 0 Å². The highest BCUT2D eigenvalue weighted by molar-refractivity contribution is 6.74. The second-order valence-electron chi connectivity index (χ2n) is 11.1. The van der Waals surface area contributed by atoms with E-state index in [4.69, 9.17) is 8.85 Å². The normalized spacial score (nSPS) is 32.0. The van der Waals surface area contributed by atoms with Gasteiger partial charge < -0.3 is 24.2 Å². The zero-order chi connectivity index (χ0) is 20.8. The Bertz CT molecular complexity index is 441. The van der Waals surface area contributed by atoms with E-state index >= 15 is 0 Å². The van der Waals surface area contributed by atoms with Gasteiger partial charge in [-0.15, -0.1) is 0 Å². The highest BCUT2D eigenvalue weighted by Crippen LogP contribution is 2.43. The molecule has 1 aliphatic rings. The summed E-state index contributed by atoms with van der Waals surface area (Å²) in [5.41, 5.74) is -1.28. The lowest BCUT2D eigenvalue weighted by Gasteiger charge is -2.50. The van der Waals surface area contributed by atoms with E-state index in [1.807, 2.05) is 0 Å². The summed E-state index contributed by atoms with van der Waals surface area (Å²) < 4.78 is 12.9. The molecule has 0 heterocycles. The van der Waals surface area contributed by atoms with Gasteiger partial charge in [0, 0.05) is 12.8 Å². The molecule has 3 N–H and O–H groups in total. The first-order valence-electron chi connectivity index (χ1n) is 9.72. The van der Waals surface area contributed by atoms with Gasteiger partial charge in [-0.25, -0.2) is 0 Å². The van der Waals surface area contributed by atoms with Crippen molar-refractivity contribution in [3.63, 3.8) is 0 Å². The van der Waals surface area contributed by atoms with Gasteiger partial charge in [-0.05, 0) is 36.3 Å². The Hall–Kier alpha value is 0.234. The third-order valence-electron chi connectivity index (χ3n) is 6.72. The molecule has 1 saturated carbocycles. The Morgan fingerprint density at radius 1 is 0.846 bits per heavy atom. The summed E-state index contributed by atoms with van der Waals surface area (Å²) in [5.74, 6) is 0. The van der Waals surface area contributed by atoms with Crippen LogP contribution in [0, 0.1) is 0 Å². The molecular weight excluding hydrogens is 364 g/mol. The molecule has 0 saturated heterocycles. The summed E-state index contributed by atoms with van der Waals surface area (Å²) in [6.07, 6.45) is -1.40. The second-order valence-corrected chi connectivity index (χ2v) is 20.6. The molecular formula is C19H42O5Si2. The lowest BCUT2D eigenvalue weighted by Crippen LogP contribution is -2.61. The van der Waals surface area contributed by atoms with Crippen LogP contribution in [0.3, 0.4) is 0 Å². The number of hydrogen-bond donors (Lipinski definition) is 3. The standard InChI is InChI=1S/C19H42O5Si2/c1-17(2,3)25(7,8)23-14-11-19(22,13-20)12-15(16(14)21)24-26(9,10)18(4,5)6/h14-16,20-22H,11-13H2,1-10H3/t14-,15-,16-,19+/m1/s1. The van der Waals surface area contributed by atoms with Crippen LogP contribution in [-0.4, -0.2) is 62.5 Å². The SMILES string of the molecule is CC(C)(C)[Si](C)(C)O[C@@H]1C[C@](O)(CO)C[C@@H](O[Si](C)(C)C(C)(C)C)[C@H]1O. The van der Waals surface area contributed by atoms with E-state index in [0.29, 0.717) is 0 Å². The number of aliphatic hydroxyl groups excluding tert-OH is 2. The molecule has 7 heteroatoms. The van der Waals surface area contributed by atoms with Gasteiger partial charge in [0.2, 0.25) is 0 Å². The Morgan fingerprint density at radius 2 is 1.15 bits per heavy atom. The Kier molecular flexibility index (Phi) is 7.07. The minimum absolute atomic E-state index is 0.00270. The van der Waals surface area contributed by atoms with E-state index < -0.39 is 40.5 Å². The maximum Gasteiger partial charge on any atom is 0.192 e. The summed E-state index contributed by atoms with van der Waals surface area (Å²) in [7, 11) is -4.26. The molecule has 0 aromatic heterocycles. The molecule has 0 bridgehead atoms. The molecule has 0 aromatic carbocycles. The molecule has 26 heavy (non-hydrogen) atoms. The van der Waals surface area contributed by atoms with E-state index in [-0.39, 0.29) is 29.5 Å². The molecule has 0 aliphatic heterocycles. The number of rotatable bonds is 5. The Labute approximate surface area is 162 Å². The molecule has 1 fully saturated rings. The molecule has 1 aliphatic carbocycles. The fraction of sp³-hybridized carbons (Fsp3) is 1.00. The first-order valence-corrected chi connectivity index (χ1v) is 15.5. The van der Waals surface area contributed by atoms with E-state index in [2.05, 4.69) is 67.7 Å². The Balaban J connectivity index is 3.11. The van der Waals surface area contributed by atoms with Gasteiger partial charge in [0.15, 0.2) is 16.6 Å². The smallest absolute Gasteiger partial charge is 0.192 e. The van der Waals surface area contributed by atoms with Crippen molar-refractivity contribution in [1.29, 1.82) is 0 Å². The second kappa shape index (κ2) is 7.57. The van der Waals surface area contributed by atoms with Crippen LogP contribution in [0.4, 0.5) is 0 Å². The third kappa shape index (κ3) is 5.40. The van der Waals surface area contributed by atoms with Gasteiger partial charge in [0.25, 0.3) is 0 Å². The topological polar surface area (TPSA) is 79.2 Å². The van der Waals surface area contributed by atoms with E-state index in [9.17, 15) is 15.3 Å². The lowest BCUT2D eigenvalue weighted by molar-refractivity contribution is -0.158. The minimum Gasteiger partial charge on any atom is -0.411 e. The van der Waals surface area contributed by atoms with Crippen molar-refractivity contribution >= 4 is 16.6 Å². The van der Waals surface area contributed by atoms with Crippen LogP contribution >= 0.6 is 0 Å². The van der Waals surface area contributed by atoms with E-state index in [0.717, 1.165) is 0 Å². The molecule has 1 rings (SSSR count). The lowest BCUT2D eigenvalue weighted by atomic mass is 9.80. The average molecular weight is 407 g/mol. The maximum absolute atomic E-state index is 11.0. The first kappa shape index (κ1) is 24.3. The van der Waals surface area contributed by atoms with Crippen LogP contribution in [0.15, 0.2) is 0 Å². The molecule has 0 aromatic rings. The molecule has 156 valence electrons. The zero-order valence-corrected chi connectivity index (χ0v) is 20.5. The van der Waals surface area contributed by atoms with Crippen LogP contribution < -0.4 is 0 Å². The summed E-state index contributed by atoms with van der Waals surface area (Å²) in [6, 6.07) is 0. The van der Waals surface area contributed by atoms with Gasteiger partial charge in [-0.2, -0.15) is 0 Å². The monoisotopic (exact) mass is 406 g/mol. The number of hydrogen-bond acceptors (Lipinski definition) is 5. The third-order valence-corrected chi connectivity index (χ3v) is 15.7. The highest BCUT2D eigenvalue weighted by Gasteiger charge is 2.51. The molecule has 2 atom stereocenters. The molecule has 0 unspecified atom stereocenters. The van der Waals surface area contributed by atoms with Crippen molar-refractivity contribution in [2.75, 3.05) is 6.61 Å². The van der Waals surface area contributed by atoms with Crippen LogP contribution in [0.5, 0.6) is 0 Å². The Morgan fingerprint density at radius 3 is 1.38 bits per heavy atom. The molecule has 0 spiro atoms. The van der Waals surface area contributed by atoms with Crippen molar-refractivity contribution in [2.24, 2.45) is 0 Å². The van der Waals surface area contributed by atoms with Gasteiger partial charge in [0.1, 0.15) is 6.10 Å². The summed E-state index contributed by atoms with van der Waals surface area (Å²) in [5, 5.41) is 31.6. The summed E-state index contributed by atoms with van der Waals surface area (Å²) in [4.78, 5) is 0.